The van der Waals surface area contributed by atoms with Gasteiger partial charge in [-0.3, -0.25) is 9.79 Å². The van der Waals surface area contributed by atoms with Crippen molar-refractivity contribution in [3.8, 4) is 0 Å². The van der Waals surface area contributed by atoms with E-state index >= 15 is 0 Å². The summed E-state index contributed by atoms with van der Waals surface area (Å²) in [6.45, 7) is 7.20. The van der Waals surface area contributed by atoms with Crippen LogP contribution in [0.15, 0.2) is 35.3 Å². The summed E-state index contributed by atoms with van der Waals surface area (Å²) in [5.41, 5.74) is 7.24. The van der Waals surface area contributed by atoms with E-state index in [1.807, 2.05) is 30.1 Å². The predicted molar refractivity (Wildman–Crippen MR) is 123 cm³/mol. The zero-order chi connectivity index (χ0) is 19.1. The van der Waals surface area contributed by atoms with Crippen LogP contribution in [0.3, 0.4) is 0 Å². The van der Waals surface area contributed by atoms with E-state index in [0.29, 0.717) is 25.0 Å². The molecule has 0 spiro atoms. The summed E-state index contributed by atoms with van der Waals surface area (Å²) < 4.78 is 0. The van der Waals surface area contributed by atoms with Gasteiger partial charge in [0.1, 0.15) is 0 Å². The van der Waals surface area contributed by atoms with Crippen LogP contribution in [0.5, 0.6) is 0 Å². The molecule has 6 heteroatoms. The standard InChI is InChI=1S/C21H34N4O.HI/c1-15(2)9-8-10-16(3)24-21(22)23-14-18-13-19(26)25(4)20(18)17-11-6-5-7-12-17;/h5-7,11-12,15-16,18,20H,8-10,13-14H2,1-4H3,(H3,22,23,24);1H. The number of carbonyl (C=O) groups is 1. The molecule has 1 aliphatic rings. The largest absolute Gasteiger partial charge is 0.370 e. The number of nitrogens with two attached hydrogens (primary N) is 1. The number of amides is 1. The van der Waals surface area contributed by atoms with E-state index in [1.165, 1.54) is 12.8 Å². The number of hydrogen-bond acceptors (Lipinski definition) is 2. The van der Waals surface area contributed by atoms with Gasteiger partial charge in [0.2, 0.25) is 5.91 Å². The highest BCUT2D eigenvalue weighted by atomic mass is 127. The Morgan fingerprint density at radius 3 is 2.56 bits per heavy atom. The fourth-order valence-corrected chi connectivity index (χ4v) is 3.68. The molecule has 2 rings (SSSR count). The molecule has 3 atom stereocenters. The number of aliphatic imine (C=N–C) groups is 1. The van der Waals surface area contributed by atoms with E-state index < -0.39 is 0 Å². The quantitative estimate of drug-likeness (QED) is 0.332. The first-order valence-electron chi connectivity index (χ1n) is 9.75. The number of hydrogen-bond donors (Lipinski definition) is 2. The van der Waals surface area contributed by atoms with Crippen molar-refractivity contribution in [2.75, 3.05) is 13.6 Å². The molecule has 5 nitrogen and oxygen atoms in total. The topological polar surface area (TPSA) is 70.7 Å². The maximum absolute atomic E-state index is 12.2. The van der Waals surface area contributed by atoms with Crippen LogP contribution >= 0.6 is 24.0 Å². The molecular weight excluding hydrogens is 451 g/mol. The van der Waals surface area contributed by atoms with Gasteiger partial charge in [-0.25, -0.2) is 0 Å². The molecule has 1 heterocycles. The molecule has 0 bridgehead atoms. The predicted octanol–water partition coefficient (Wildman–Crippen LogP) is 3.94. The molecule has 0 saturated carbocycles. The highest BCUT2D eigenvalue weighted by molar-refractivity contribution is 14.0. The summed E-state index contributed by atoms with van der Waals surface area (Å²) in [7, 11) is 1.88. The van der Waals surface area contributed by atoms with E-state index in [-0.39, 0.29) is 41.8 Å². The lowest BCUT2D eigenvalue weighted by atomic mass is 9.94. The Morgan fingerprint density at radius 2 is 1.93 bits per heavy atom. The zero-order valence-electron chi connectivity index (χ0n) is 17.0. The average molecular weight is 486 g/mol. The molecule has 3 unspecified atom stereocenters. The molecule has 27 heavy (non-hydrogen) atoms. The number of benzene rings is 1. The highest BCUT2D eigenvalue weighted by Gasteiger charge is 2.38. The Balaban J connectivity index is 0.00000364. The number of halogens is 1. The van der Waals surface area contributed by atoms with Gasteiger partial charge in [0.15, 0.2) is 5.96 Å². The van der Waals surface area contributed by atoms with E-state index in [9.17, 15) is 4.79 Å². The molecule has 1 amide bonds. The van der Waals surface area contributed by atoms with Crippen LogP contribution in [0.4, 0.5) is 0 Å². The molecule has 3 N–H and O–H groups in total. The van der Waals surface area contributed by atoms with Crippen molar-refractivity contribution in [1.29, 1.82) is 0 Å². The molecule has 1 aromatic carbocycles. The lowest BCUT2D eigenvalue weighted by molar-refractivity contribution is -0.127. The number of likely N-dealkylation sites (tertiary alicyclic amines) is 1. The van der Waals surface area contributed by atoms with Crippen molar-refractivity contribution < 1.29 is 4.79 Å². The molecule has 1 saturated heterocycles. The SMILES string of the molecule is CC(C)CCCC(C)NC(N)=NCC1CC(=O)N(C)C1c1ccccc1.I. The number of carbonyl (C=O) groups excluding carboxylic acids is 1. The Labute approximate surface area is 181 Å². The van der Waals surface area contributed by atoms with Gasteiger partial charge in [-0.2, -0.15) is 0 Å². The van der Waals surface area contributed by atoms with Crippen LogP contribution in [0.25, 0.3) is 0 Å². The van der Waals surface area contributed by atoms with Gasteiger partial charge in [-0.1, -0.05) is 57.0 Å². The molecule has 1 fully saturated rings. The first-order valence-corrected chi connectivity index (χ1v) is 9.75. The molecule has 1 aliphatic heterocycles. The lowest BCUT2D eigenvalue weighted by Crippen LogP contribution is -2.39. The van der Waals surface area contributed by atoms with E-state index in [2.05, 4.69) is 43.2 Å². The first kappa shape index (κ1) is 23.7. The molecular formula is C21H35IN4O. The van der Waals surface area contributed by atoms with Crippen molar-refractivity contribution in [2.24, 2.45) is 22.6 Å². The van der Waals surface area contributed by atoms with Crippen molar-refractivity contribution in [3.05, 3.63) is 35.9 Å². The fourth-order valence-electron chi connectivity index (χ4n) is 3.68. The average Bonchev–Trinajstić information content (AvgIpc) is 2.88. The third-order valence-corrected chi connectivity index (χ3v) is 5.14. The third kappa shape index (κ3) is 7.31. The van der Waals surface area contributed by atoms with E-state index in [1.54, 1.807) is 0 Å². The van der Waals surface area contributed by atoms with E-state index in [0.717, 1.165) is 17.9 Å². The monoisotopic (exact) mass is 486 g/mol. The van der Waals surface area contributed by atoms with Gasteiger partial charge in [0, 0.05) is 32.0 Å². The maximum Gasteiger partial charge on any atom is 0.223 e. The fraction of sp³-hybridized carbons (Fsp3) is 0.619. The van der Waals surface area contributed by atoms with Gasteiger partial charge in [0.25, 0.3) is 0 Å². The first-order chi connectivity index (χ1) is 12.4. The molecule has 152 valence electrons. The minimum absolute atomic E-state index is 0. The Bertz CT molecular complexity index is 605. The van der Waals surface area contributed by atoms with Crippen molar-refractivity contribution in [1.82, 2.24) is 10.2 Å². The molecule has 0 aliphatic carbocycles. The summed E-state index contributed by atoms with van der Waals surface area (Å²) in [5.74, 6) is 1.55. The zero-order valence-corrected chi connectivity index (χ0v) is 19.4. The minimum atomic E-state index is 0. The van der Waals surface area contributed by atoms with Crippen LogP contribution in [0, 0.1) is 11.8 Å². The van der Waals surface area contributed by atoms with E-state index in [4.69, 9.17) is 5.73 Å². The summed E-state index contributed by atoms with van der Waals surface area (Å²) in [6, 6.07) is 10.6. The number of rotatable bonds is 8. The van der Waals surface area contributed by atoms with Crippen LogP contribution < -0.4 is 11.1 Å². The van der Waals surface area contributed by atoms with Crippen LogP contribution in [-0.2, 0) is 4.79 Å². The molecule has 0 aromatic heterocycles. The normalized spacial score (nSPS) is 21.3. The van der Waals surface area contributed by atoms with Crippen molar-refractivity contribution in [3.63, 3.8) is 0 Å². The smallest absolute Gasteiger partial charge is 0.223 e. The Morgan fingerprint density at radius 1 is 1.26 bits per heavy atom. The Hall–Kier alpha value is -1.31. The summed E-state index contributed by atoms with van der Waals surface area (Å²) in [6.07, 6.45) is 4.04. The van der Waals surface area contributed by atoms with Gasteiger partial charge in [0.05, 0.1) is 6.04 Å². The highest BCUT2D eigenvalue weighted by Crippen LogP contribution is 2.36. The second kappa shape index (κ2) is 11.5. The van der Waals surface area contributed by atoms with Gasteiger partial charge >= 0.3 is 0 Å². The van der Waals surface area contributed by atoms with Crippen LogP contribution in [0.2, 0.25) is 0 Å². The summed E-state index contributed by atoms with van der Waals surface area (Å²) in [5, 5.41) is 3.28. The minimum Gasteiger partial charge on any atom is -0.370 e. The number of nitrogens with one attached hydrogen (secondary N) is 1. The molecule has 0 radical (unpaired) electrons. The Kier molecular flexibility index (Phi) is 10.1. The second-order valence-electron chi connectivity index (χ2n) is 7.92. The third-order valence-electron chi connectivity index (χ3n) is 5.14. The van der Waals surface area contributed by atoms with Gasteiger partial charge in [-0.05, 0) is 24.8 Å². The van der Waals surface area contributed by atoms with Crippen molar-refractivity contribution >= 4 is 35.8 Å². The molecule has 1 aromatic rings. The summed E-state index contributed by atoms with van der Waals surface area (Å²) >= 11 is 0. The maximum atomic E-state index is 12.2. The lowest BCUT2D eigenvalue weighted by Gasteiger charge is -2.24. The van der Waals surface area contributed by atoms with Crippen molar-refractivity contribution in [2.45, 2.75) is 58.5 Å². The summed E-state index contributed by atoms with van der Waals surface area (Å²) in [4.78, 5) is 18.6. The van der Waals surface area contributed by atoms with Gasteiger partial charge < -0.3 is 16.0 Å². The second-order valence-corrected chi connectivity index (χ2v) is 7.92. The number of guanidine groups is 1. The van der Waals surface area contributed by atoms with Crippen LogP contribution in [0.1, 0.15) is 58.1 Å². The van der Waals surface area contributed by atoms with Crippen LogP contribution in [-0.4, -0.2) is 36.4 Å². The number of nitrogens with zero attached hydrogens (tertiary/aromatic N) is 2. The van der Waals surface area contributed by atoms with Gasteiger partial charge in [-0.15, -0.1) is 24.0 Å².